The fourth-order valence-corrected chi connectivity index (χ4v) is 0.850. The number of hydrogen-bond donors (Lipinski definition) is 1. The molecule has 0 saturated heterocycles. The molecule has 0 unspecified atom stereocenters. The molecule has 0 aliphatic heterocycles. The zero-order chi connectivity index (χ0) is 9.36. The van der Waals surface area contributed by atoms with Gasteiger partial charge in [-0.3, -0.25) is 10.3 Å². The Bertz CT molecular complexity index is 267. The number of nitrogens with one attached hydrogen (secondary N) is 1. The average Bonchev–Trinajstić information content (AvgIpc) is 2.19. The van der Waals surface area contributed by atoms with Crippen molar-refractivity contribution >= 4 is 6.08 Å². The van der Waals surface area contributed by atoms with Crippen LogP contribution in [0.1, 0.15) is 5.56 Å². The highest BCUT2D eigenvalue weighted by molar-refractivity contribution is 5.47. The van der Waals surface area contributed by atoms with E-state index in [0.717, 1.165) is 5.56 Å². The molecule has 0 saturated carbocycles. The fourth-order valence-electron chi connectivity index (χ4n) is 0.850. The number of hydrogen-bond acceptors (Lipinski definition) is 2. The average molecular weight is 175 g/mol. The molecule has 0 bridgehead atoms. The SMILES string of the molecule is C=CCONC=Cc1ccccc1. The molecule has 0 atom stereocenters. The fraction of sp³-hybridized carbons (Fsp3) is 0.0909. The van der Waals surface area contributed by atoms with Gasteiger partial charge in [-0.05, 0) is 11.6 Å². The number of hydroxylamine groups is 1. The van der Waals surface area contributed by atoms with Gasteiger partial charge in [0.25, 0.3) is 0 Å². The Hall–Kier alpha value is -1.54. The van der Waals surface area contributed by atoms with Crippen LogP contribution in [0.3, 0.4) is 0 Å². The first kappa shape index (κ1) is 9.55. The van der Waals surface area contributed by atoms with Crippen LogP contribution in [0.2, 0.25) is 0 Å². The third kappa shape index (κ3) is 4.13. The van der Waals surface area contributed by atoms with Gasteiger partial charge in [-0.25, -0.2) is 0 Å². The van der Waals surface area contributed by atoms with Gasteiger partial charge in [0.1, 0.15) is 0 Å². The molecule has 68 valence electrons. The molecule has 1 rings (SSSR count). The largest absolute Gasteiger partial charge is 0.274 e. The molecule has 0 aromatic heterocycles. The van der Waals surface area contributed by atoms with E-state index < -0.39 is 0 Å². The van der Waals surface area contributed by atoms with Crippen LogP contribution in [-0.2, 0) is 4.84 Å². The number of rotatable bonds is 5. The summed E-state index contributed by atoms with van der Waals surface area (Å²) in [6.07, 6.45) is 5.37. The smallest absolute Gasteiger partial charge is 0.0924 e. The highest BCUT2D eigenvalue weighted by atomic mass is 16.6. The van der Waals surface area contributed by atoms with E-state index in [4.69, 9.17) is 4.84 Å². The summed E-state index contributed by atoms with van der Waals surface area (Å²) < 4.78 is 0. The molecule has 1 N–H and O–H groups in total. The molecule has 0 aliphatic carbocycles. The molecule has 1 aromatic rings. The zero-order valence-electron chi connectivity index (χ0n) is 7.44. The van der Waals surface area contributed by atoms with E-state index in [9.17, 15) is 0 Å². The van der Waals surface area contributed by atoms with Gasteiger partial charge in [0.2, 0.25) is 0 Å². The van der Waals surface area contributed by atoms with Crippen molar-refractivity contribution in [3.05, 3.63) is 54.8 Å². The minimum absolute atomic E-state index is 0.499. The summed E-state index contributed by atoms with van der Waals surface area (Å²) in [5, 5.41) is 0. The highest BCUT2D eigenvalue weighted by Gasteiger charge is 1.80. The van der Waals surface area contributed by atoms with Gasteiger partial charge in [-0.15, -0.1) is 6.58 Å². The second-order valence-corrected chi connectivity index (χ2v) is 2.46. The molecule has 0 amide bonds. The molecule has 1 aromatic carbocycles. The van der Waals surface area contributed by atoms with Crippen molar-refractivity contribution in [1.82, 2.24) is 5.48 Å². The summed E-state index contributed by atoms with van der Waals surface area (Å²) >= 11 is 0. The van der Waals surface area contributed by atoms with E-state index in [2.05, 4.69) is 12.1 Å². The van der Waals surface area contributed by atoms with E-state index in [-0.39, 0.29) is 0 Å². The maximum atomic E-state index is 4.95. The maximum absolute atomic E-state index is 4.95. The van der Waals surface area contributed by atoms with Gasteiger partial charge >= 0.3 is 0 Å². The Morgan fingerprint density at radius 3 is 2.77 bits per heavy atom. The molecule has 2 heteroatoms. The van der Waals surface area contributed by atoms with E-state index >= 15 is 0 Å². The minimum atomic E-state index is 0.499. The van der Waals surface area contributed by atoms with E-state index in [1.54, 1.807) is 12.3 Å². The Morgan fingerprint density at radius 1 is 1.31 bits per heavy atom. The minimum Gasteiger partial charge on any atom is -0.274 e. The molecule has 13 heavy (non-hydrogen) atoms. The van der Waals surface area contributed by atoms with Gasteiger partial charge in [0.05, 0.1) is 6.61 Å². The van der Waals surface area contributed by atoms with Gasteiger partial charge in [-0.1, -0.05) is 36.4 Å². The summed E-state index contributed by atoms with van der Waals surface area (Å²) in [4.78, 5) is 4.95. The Morgan fingerprint density at radius 2 is 2.08 bits per heavy atom. The van der Waals surface area contributed by atoms with Crippen LogP contribution in [0.15, 0.2) is 49.2 Å². The molecule has 0 heterocycles. The van der Waals surface area contributed by atoms with Crippen molar-refractivity contribution in [1.29, 1.82) is 0 Å². The molecule has 2 nitrogen and oxygen atoms in total. The lowest BCUT2D eigenvalue weighted by atomic mass is 10.2. The van der Waals surface area contributed by atoms with E-state index in [1.165, 1.54) is 0 Å². The van der Waals surface area contributed by atoms with Crippen molar-refractivity contribution < 1.29 is 4.84 Å². The molecule has 0 fully saturated rings. The summed E-state index contributed by atoms with van der Waals surface area (Å²) in [5.74, 6) is 0. The standard InChI is InChI=1S/C11H13NO/c1-2-10-13-12-9-8-11-6-4-3-5-7-11/h2-9,12H,1,10H2. The molecular weight excluding hydrogens is 162 g/mol. The summed E-state index contributed by atoms with van der Waals surface area (Å²) in [6, 6.07) is 10.0. The quantitative estimate of drug-likeness (QED) is 0.421. The molecule has 0 radical (unpaired) electrons. The van der Waals surface area contributed by atoms with Gasteiger partial charge < -0.3 is 0 Å². The number of benzene rings is 1. The second-order valence-electron chi connectivity index (χ2n) is 2.46. The monoisotopic (exact) mass is 175 g/mol. The lowest BCUT2D eigenvalue weighted by Crippen LogP contribution is -2.05. The lowest BCUT2D eigenvalue weighted by molar-refractivity contribution is 0.0963. The van der Waals surface area contributed by atoms with Crippen LogP contribution in [0.5, 0.6) is 0 Å². The highest BCUT2D eigenvalue weighted by Crippen LogP contribution is 1.99. The van der Waals surface area contributed by atoms with Crippen molar-refractivity contribution in [3.8, 4) is 0 Å². The van der Waals surface area contributed by atoms with Crippen LogP contribution in [0.4, 0.5) is 0 Å². The Balaban J connectivity index is 2.28. The molecule has 0 spiro atoms. The topological polar surface area (TPSA) is 21.3 Å². The van der Waals surface area contributed by atoms with Crippen molar-refractivity contribution in [2.24, 2.45) is 0 Å². The molecular formula is C11H13NO. The predicted octanol–water partition coefficient (Wildman–Crippen LogP) is 2.36. The van der Waals surface area contributed by atoms with Crippen molar-refractivity contribution in [2.45, 2.75) is 0 Å². The van der Waals surface area contributed by atoms with Crippen LogP contribution >= 0.6 is 0 Å². The summed E-state index contributed by atoms with van der Waals surface area (Å²) in [5.41, 5.74) is 3.82. The maximum Gasteiger partial charge on any atom is 0.0924 e. The van der Waals surface area contributed by atoms with Crippen LogP contribution < -0.4 is 5.48 Å². The van der Waals surface area contributed by atoms with Gasteiger partial charge in [0, 0.05) is 6.20 Å². The Labute approximate surface area is 78.5 Å². The second kappa shape index (κ2) is 6.03. The Kier molecular flexibility index (Phi) is 4.43. The normalized spacial score (nSPS) is 10.2. The predicted molar refractivity (Wildman–Crippen MR) is 54.8 cm³/mol. The van der Waals surface area contributed by atoms with Crippen molar-refractivity contribution in [3.63, 3.8) is 0 Å². The van der Waals surface area contributed by atoms with Crippen molar-refractivity contribution in [2.75, 3.05) is 6.61 Å². The molecule has 0 aliphatic rings. The first-order valence-corrected chi connectivity index (χ1v) is 4.13. The van der Waals surface area contributed by atoms with Gasteiger partial charge in [0.15, 0.2) is 0 Å². The zero-order valence-corrected chi connectivity index (χ0v) is 7.44. The first-order valence-electron chi connectivity index (χ1n) is 4.13. The first-order chi connectivity index (χ1) is 6.43. The van der Waals surface area contributed by atoms with Crippen LogP contribution in [-0.4, -0.2) is 6.61 Å². The van der Waals surface area contributed by atoms with Crippen LogP contribution in [0, 0.1) is 0 Å². The summed E-state index contributed by atoms with van der Waals surface area (Å²) in [7, 11) is 0. The van der Waals surface area contributed by atoms with Gasteiger partial charge in [-0.2, -0.15) is 0 Å². The van der Waals surface area contributed by atoms with E-state index in [0.29, 0.717) is 6.61 Å². The summed E-state index contributed by atoms with van der Waals surface area (Å²) in [6.45, 7) is 4.03. The third-order valence-electron chi connectivity index (χ3n) is 1.43. The third-order valence-corrected chi connectivity index (χ3v) is 1.43. The van der Waals surface area contributed by atoms with E-state index in [1.807, 2.05) is 36.4 Å². The lowest BCUT2D eigenvalue weighted by Gasteiger charge is -1.97. The van der Waals surface area contributed by atoms with Crippen LogP contribution in [0.25, 0.3) is 6.08 Å².